The number of fused-ring (bicyclic) bond motifs is 1. The molecule has 0 amide bonds. The van der Waals surface area contributed by atoms with Crippen LogP contribution in [-0.4, -0.2) is 47.1 Å². The van der Waals surface area contributed by atoms with Crippen molar-refractivity contribution in [1.29, 1.82) is 0 Å². The van der Waals surface area contributed by atoms with E-state index in [9.17, 15) is 17.2 Å². The number of nitrogens with zero attached hydrogens (tertiary/aromatic N) is 4. The number of halogens is 3. The number of sulfonamides is 1. The van der Waals surface area contributed by atoms with Crippen LogP contribution in [0.3, 0.4) is 0 Å². The molecule has 3 heterocycles. The van der Waals surface area contributed by atoms with Crippen LogP contribution in [0.4, 0.5) is 8.78 Å². The standard InChI is InChI=1S/C16H19F2N5O2S.ClH/c17-13-2-1-12(9-14(13)18)26(24,25)22-6-3-11(4-7-22)16-21-20-15-10-19-5-8-23(15)16;/h1-2,9,11,19H,3-8,10H2;1H. The van der Waals surface area contributed by atoms with Crippen molar-refractivity contribution < 1.29 is 17.2 Å². The van der Waals surface area contributed by atoms with E-state index in [2.05, 4.69) is 20.1 Å². The van der Waals surface area contributed by atoms with Crippen LogP contribution in [0.15, 0.2) is 23.1 Å². The Hall–Kier alpha value is -1.62. The van der Waals surface area contributed by atoms with Crippen LogP contribution in [-0.2, 0) is 23.1 Å². The Kier molecular flexibility index (Phi) is 5.80. The number of benzene rings is 1. The average Bonchev–Trinajstić information content (AvgIpc) is 3.08. The molecule has 1 aromatic carbocycles. The van der Waals surface area contributed by atoms with Crippen LogP contribution in [0.5, 0.6) is 0 Å². The molecule has 2 aliphatic rings. The third-order valence-electron chi connectivity index (χ3n) is 5.00. The van der Waals surface area contributed by atoms with Crippen molar-refractivity contribution in [2.24, 2.45) is 0 Å². The highest BCUT2D eigenvalue weighted by Crippen LogP contribution is 2.30. The van der Waals surface area contributed by atoms with Gasteiger partial charge in [-0.3, -0.25) is 0 Å². The van der Waals surface area contributed by atoms with Crippen LogP contribution in [0.25, 0.3) is 0 Å². The van der Waals surface area contributed by atoms with Gasteiger partial charge in [0, 0.05) is 32.1 Å². The Morgan fingerprint density at radius 2 is 1.81 bits per heavy atom. The monoisotopic (exact) mass is 419 g/mol. The molecule has 0 radical (unpaired) electrons. The van der Waals surface area contributed by atoms with Gasteiger partial charge in [0.2, 0.25) is 10.0 Å². The predicted octanol–water partition coefficient (Wildman–Crippen LogP) is 1.65. The number of nitrogens with one attached hydrogen (secondary N) is 1. The number of hydrogen-bond donors (Lipinski definition) is 1. The van der Waals surface area contributed by atoms with Gasteiger partial charge in [-0.2, -0.15) is 4.31 Å². The van der Waals surface area contributed by atoms with Gasteiger partial charge in [0.05, 0.1) is 11.4 Å². The SMILES string of the molecule is Cl.O=S(=O)(c1ccc(F)c(F)c1)N1CCC(c2nnc3n2CCNC3)CC1. The maximum Gasteiger partial charge on any atom is 0.243 e. The molecular formula is C16H20ClF2N5O2S. The van der Waals surface area contributed by atoms with Gasteiger partial charge in [-0.25, -0.2) is 17.2 Å². The highest BCUT2D eigenvalue weighted by molar-refractivity contribution is 7.89. The summed E-state index contributed by atoms with van der Waals surface area (Å²) in [6.07, 6.45) is 1.24. The van der Waals surface area contributed by atoms with Crippen LogP contribution in [0, 0.1) is 11.6 Å². The van der Waals surface area contributed by atoms with Gasteiger partial charge in [-0.15, -0.1) is 22.6 Å². The molecule has 2 aliphatic heterocycles. The van der Waals surface area contributed by atoms with Crippen molar-refractivity contribution in [1.82, 2.24) is 24.4 Å². The van der Waals surface area contributed by atoms with Crippen molar-refractivity contribution >= 4 is 22.4 Å². The fourth-order valence-corrected chi connectivity index (χ4v) is 5.04. The fraction of sp³-hybridized carbons (Fsp3) is 0.500. The molecule has 1 fully saturated rings. The van der Waals surface area contributed by atoms with Crippen molar-refractivity contribution in [3.63, 3.8) is 0 Å². The zero-order valence-corrected chi connectivity index (χ0v) is 16.1. The molecule has 0 spiro atoms. The second kappa shape index (κ2) is 7.78. The molecule has 11 heteroatoms. The van der Waals surface area contributed by atoms with E-state index in [1.807, 2.05) is 0 Å². The summed E-state index contributed by atoms with van der Waals surface area (Å²) in [6, 6.07) is 2.67. The summed E-state index contributed by atoms with van der Waals surface area (Å²) in [5.41, 5.74) is 0. The molecule has 0 bridgehead atoms. The predicted molar refractivity (Wildman–Crippen MR) is 96.1 cm³/mol. The Bertz CT molecular complexity index is 929. The highest BCUT2D eigenvalue weighted by Gasteiger charge is 2.33. The number of rotatable bonds is 3. The zero-order chi connectivity index (χ0) is 18.3. The van der Waals surface area contributed by atoms with Gasteiger partial charge in [0.1, 0.15) is 11.6 Å². The van der Waals surface area contributed by atoms with Crippen molar-refractivity contribution in [2.45, 2.75) is 36.7 Å². The lowest BCUT2D eigenvalue weighted by Crippen LogP contribution is -2.39. The van der Waals surface area contributed by atoms with E-state index in [1.54, 1.807) is 0 Å². The molecule has 2 aromatic rings. The lowest BCUT2D eigenvalue weighted by atomic mass is 9.97. The first-order valence-electron chi connectivity index (χ1n) is 8.54. The Balaban J connectivity index is 0.00000210. The van der Waals surface area contributed by atoms with Crippen molar-refractivity contribution in [3.05, 3.63) is 41.5 Å². The van der Waals surface area contributed by atoms with Gasteiger partial charge in [-0.05, 0) is 31.0 Å². The molecular weight excluding hydrogens is 400 g/mol. The molecule has 1 N–H and O–H groups in total. The summed E-state index contributed by atoms with van der Waals surface area (Å²) >= 11 is 0. The molecule has 0 atom stereocenters. The third kappa shape index (κ3) is 3.71. The van der Waals surface area contributed by atoms with E-state index in [0.29, 0.717) is 32.5 Å². The maximum absolute atomic E-state index is 13.4. The second-order valence-electron chi connectivity index (χ2n) is 6.56. The minimum atomic E-state index is -3.84. The lowest BCUT2D eigenvalue weighted by Gasteiger charge is -2.31. The van der Waals surface area contributed by atoms with Crippen molar-refractivity contribution in [3.8, 4) is 0 Å². The molecule has 7 nitrogen and oxygen atoms in total. The quantitative estimate of drug-likeness (QED) is 0.818. The van der Waals surface area contributed by atoms with Gasteiger partial charge >= 0.3 is 0 Å². The summed E-state index contributed by atoms with van der Waals surface area (Å²) in [5, 5.41) is 11.8. The van der Waals surface area contributed by atoms with E-state index >= 15 is 0 Å². The third-order valence-corrected chi connectivity index (χ3v) is 6.89. The van der Waals surface area contributed by atoms with Gasteiger partial charge in [0.25, 0.3) is 0 Å². The largest absolute Gasteiger partial charge is 0.312 e. The van der Waals surface area contributed by atoms with Crippen molar-refractivity contribution in [2.75, 3.05) is 19.6 Å². The smallest absolute Gasteiger partial charge is 0.243 e. The van der Waals surface area contributed by atoms with E-state index in [-0.39, 0.29) is 23.2 Å². The van der Waals surface area contributed by atoms with E-state index < -0.39 is 21.7 Å². The summed E-state index contributed by atoms with van der Waals surface area (Å²) < 4.78 is 55.3. The van der Waals surface area contributed by atoms with Gasteiger partial charge in [-0.1, -0.05) is 0 Å². The van der Waals surface area contributed by atoms with Crippen LogP contribution < -0.4 is 5.32 Å². The fourth-order valence-electron chi connectivity index (χ4n) is 3.56. The Morgan fingerprint density at radius 1 is 1.07 bits per heavy atom. The highest BCUT2D eigenvalue weighted by atomic mass is 35.5. The molecule has 0 saturated carbocycles. The number of piperidine rings is 1. The first-order chi connectivity index (χ1) is 12.5. The number of hydrogen-bond acceptors (Lipinski definition) is 5. The van der Waals surface area contributed by atoms with Crippen LogP contribution in [0.1, 0.15) is 30.4 Å². The summed E-state index contributed by atoms with van der Waals surface area (Å²) in [6.45, 7) is 2.99. The Morgan fingerprint density at radius 3 is 2.52 bits per heavy atom. The van der Waals surface area contributed by atoms with Gasteiger partial charge < -0.3 is 9.88 Å². The molecule has 0 unspecified atom stereocenters. The first kappa shape index (κ1) is 20.1. The summed E-state index contributed by atoms with van der Waals surface area (Å²) in [4.78, 5) is -0.221. The van der Waals surface area contributed by atoms with E-state index in [4.69, 9.17) is 0 Å². The summed E-state index contributed by atoms with van der Waals surface area (Å²) in [7, 11) is -3.84. The molecule has 1 aromatic heterocycles. The van der Waals surface area contributed by atoms with E-state index in [1.165, 1.54) is 4.31 Å². The van der Waals surface area contributed by atoms with E-state index in [0.717, 1.165) is 42.9 Å². The minimum Gasteiger partial charge on any atom is -0.312 e. The number of aromatic nitrogens is 3. The molecule has 4 rings (SSSR count). The maximum atomic E-state index is 13.4. The van der Waals surface area contributed by atoms with Crippen LogP contribution >= 0.6 is 12.4 Å². The first-order valence-corrected chi connectivity index (χ1v) is 9.99. The summed E-state index contributed by atoms with van der Waals surface area (Å²) in [5.74, 6) is -0.265. The lowest BCUT2D eigenvalue weighted by molar-refractivity contribution is 0.307. The molecule has 27 heavy (non-hydrogen) atoms. The average molecular weight is 420 g/mol. The minimum absolute atomic E-state index is 0. The molecule has 148 valence electrons. The topological polar surface area (TPSA) is 80.1 Å². The normalized spacial score (nSPS) is 18.7. The second-order valence-corrected chi connectivity index (χ2v) is 8.50. The molecule has 1 saturated heterocycles. The molecule has 0 aliphatic carbocycles. The Labute approximate surface area is 162 Å². The van der Waals surface area contributed by atoms with Crippen LogP contribution in [0.2, 0.25) is 0 Å². The van der Waals surface area contributed by atoms with Gasteiger partial charge in [0.15, 0.2) is 11.6 Å². The zero-order valence-electron chi connectivity index (χ0n) is 14.4.